The number of hydrogen-bond acceptors (Lipinski definition) is 1. The molecule has 1 nitrogen and oxygen atoms in total. The molecule has 1 fully saturated rings. The van der Waals surface area contributed by atoms with Gasteiger partial charge in [-0.2, -0.15) is 0 Å². The highest BCUT2D eigenvalue weighted by Crippen LogP contribution is 2.61. The molecule has 2 aliphatic rings. The molecule has 0 heterocycles. The Bertz CT molecular complexity index is 508. The molecule has 100 valence electrons. The molecule has 1 saturated carbocycles. The van der Waals surface area contributed by atoms with Gasteiger partial charge in [-0.1, -0.05) is 24.3 Å². The van der Waals surface area contributed by atoms with Crippen LogP contribution in [0.2, 0.25) is 0 Å². The molecule has 0 aromatic heterocycles. The SMILES string of the molecule is CC#CCCC(NC)C1C2CCc3ccccc3C21. The summed E-state index contributed by atoms with van der Waals surface area (Å²) in [5.74, 6) is 8.79. The maximum atomic E-state index is 3.54. The lowest BCUT2D eigenvalue weighted by molar-refractivity contribution is 0.444. The molecule has 0 amide bonds. The van der Waals surface area contributed by atoms with E-state index in [2.05, 4.69) is 48.5 Å². The second kappa shape index (κ2) is 5.39. The molecule has 2 aliphatic carbocycles. The van der Waals surface area contributed by atoms with Crippen molar-refractivity contribution in [2.24, 2.45) is 11.8 Å². The summed E-state index contributed by atoms with van der Waals surface area (Å²) in [6.45, 7) is 1.93. The molecule has 0 radical (unpaired) electrons. The van der Waals surface area contributed by atoms with E-state index in [1.807, 2.05) is 6.92 Å². The van der Waals surface area contributed by atoms with E-state index in [1.54, 1.807) is 11.1 Å². The second-order valence-electron chi connectivity index (χ2n) is 5.87. The highest BCUT2D eigenvalue weighted by Gasteiger charge is 2.55. The molecular weight excluding hydrogens is 230 g/mol. The van der Waals surface area contributed by atoms with E-state index >= 15 is 0 Å². The normalized spacial score (nSPS) is 28.6. The zero-order chi connectivity index (χ0) is 13.2. The van der Waals surface area contributed by atoms with Gasteiger partial charge in [-0.05, 0) is 62.1 Å². The van der Waals surface area contributed by atoms with Crippen LogP contribution in [0.5, 0.6) is 0 Å². The minimum atomic E-state index is 0.641. The molecule has 3 rings (SSSR count). The third-order valence-electron chi connectivity index (χ3n) is 4.98. The van der Waals surface area contributed by atoms with Gasteiger partial charge in [-0.25, -0.2) is 0 Å². The van der Waals surface area contributed by atoms with Gasteiger partial charge < -0.3 is 5.32 Å². The average molecular weight is 253 g/mol. The maximum Gasteiger partial charge on any atom is 0.0110 e. The fraction of sp³-hybridized carbons (Fsp3) is 0.556. The Hall–Kier alpha value is -1.26. The van der Waals surface area contributed by atoms with Crippen LogP contribution in [-0.2, 0) is 6.42 Å². The first-order valence-corrected chi connectivity index (χ1v) is 7.51. The van der Waals surface area contributed by atoms with E-state index in [1.165, 1.54) is 19.3 Å². The van der Waals surface area contributed by atoms with Crippen molar-refractivity contribution in [2.45, 2.75) is 44.6 Å². The van der Waals surface area contributed by atoms with Crippen LogP contribution in [0.4, 0.5) is 0 Å². The van der Waals surface area contributed by atoms with Crippen molar-refractivity contribution in [3.8, 4) is 11.8 Å². The molecule has 4 unspecified atom stereocenters. The molecule has 1 heteroatoms. The molecule has 1 aromatic carbocycles. The van der Waals surface area contributed by atoms with Crippen LogP contribution in [0.15, 0.2) is 24.3 Å². The van der Waals surface area contributed by atoms with Crippen molar-refractivity contribution >= 4 is 0 Å². The Morgan fingerprint density at radius 2 is 2.21 bits per heavy atom. The Kier molecular flexibility index (Phi) is 3.62. The van der Waals surface area contributed by atoms with Crippen molar-refractivity contribution < 1.29 is 0 Å². The monoisotopic (exact) mass is 253 g/mol. The van der Waals surface area contributed by atoms with Gasteiger partial charge in [0.2, 0.25) is 0 Å². The standard InChI is InChI=1S/C18H23N/c1-3-4-5-10-16(19-2)18-15-12-11-13-8-6-7-9-14(13)17(15)18/h6-9,15-19H,5,10-12H2,1-2H3. The van der Waals surface area contributed by atoms with Gasteiger partial charge in [0.05, 0.1) is 0 Å². The predicted molar refractivity (Wildman–Crippen MR) is 80.0 cm³/mol. The summed E-state index contributed by atoms with van der Waals surface area (Å²) < 4.78 is 0. The summed E-state index contributed by atoms with van der Waals surface area (Å²) in [5.41, 5.74) is 3.22. The Morgan fingerprint density at radius 3 is 3.00 bits per heavy atom. The highest BCUT2D eigenvalue weighted by molar-refractivity contribution is 5.40. The van der Waals surface area contributed by atoms with Crippen LogP contribution in [-0.4, -0.2) is 13.1 Å². The second-order valence-corrected chi connectivity index (χ2v) is 5.87. The van der Waals surface area contributed by atoms with E-state index in [4.69, 9.17) is 0 Å². The van der Waals surface area contributed by atoms with E-state index in [0.29, 0.717) is 6.04 Å². The largest absolute Gasteiger partial charge is 0.317 e. The molecule has 0 saturated heterocycles. The number of nitrogens with one attached hydrogen (secondary N) is 1. The van der Waals surface area contributed by atoms with Crippen LogP contribution in [0.3, 0.4) is 0 Å². The fourth-order valence-corrected chi connectivity index (χ4v) is 4.05. The summed E-state index contributed by atoms with van der Waals surface area (Å²) in [5, 5.41) is 3.54. The van der Waals surface area contributed by atoms with E-state index in [-0.39, 0.29) is 0 Å². The zero-order valence-electron chi connectivity index (χ0n) is 11.9. The molecule has 0 aliphatic heterocycles. The minimum absolute atomic E-state index is 0.641. The number of rotatable bonds is 4. The molecule has 0 spiro atoms. The predicted octanol–water partition coefficient (Wildman–Crippen LogP) is 3.35. The third-order valence-corrected chi connectivity index (χ3v) is 4.98. The van der Waals surface area contributed by atoms with Gasteiger partial charge in [-0.3, -0.25) is 0 Å². The Balaban J connectivity index is 1.73. The topological polar surface area (TPSA) is 12.0 Å². The first kappa shape index (κ1) is 12.8. The van der Waals surface area contributed by atoms with Crippen molar-refractivity contribution in [1.29, 1.82) is 0 Å². The molecule has 19 heavy (non-hydrogen) atoms. The lowest BCUT2D eigenvalue weighted by Crippen LogP contribution is -2.28. The molecule has 1 N–H and O–H groups in total. The van der Waals surface area contributed by atoms with E-state index in [0.717, 1.165) is 24.2 Å². The van der Waals surface area contributed by atoms with E-state index in [9.17, 15) is 0 Å². The van der Waals surface area contributed by atoms with Crippen LogP contribution >= 0.6 is 0 Å². The van der Waals surface area contributed by atoms with Crippen molar-refractivity contribution in [3.63, 3.8) is 0 Å². The van der Waals surface area contributed by atoms with Gasteiger partial charge in [0, 0.05) is 12.5 Å². The van der Waals surface area contributed by atoms with Gasteiger partial charge in [0.15, 0.2) is 0 Å². The Labute approximate surface area is 116 Å². The van der Waals surface area contributed by atoms with Crippen molar-refractivity contribution in [3.05, 3.63) is 35.4 Å². The summed E-state index contributed by atoms with van der Waals surface area (Å²) >= 11 is 0. The van der Waals surface area contributed by atoms with E-state index < -0.39 is 0 Å². The van der Waals surface area contributed by atoms with Crippen molar-refractivity contribution in [2.75, 3.05) is 7.05 Å². The molecule has 4 atom stereocenters. The smallest absolute Gasteiger partial charge is 0.0110 e. The maximum absolute atomic E-state index is 3.54. The average Bonchev–Trinajstić information content (AvgIpc) is 3.18. The summed E-state index contributed by atoms with van der Waals surface area (Å²) in [6, 6.07) is 9.70. The lowest BCUT2D eigenvalue weighted by Gasteiger charge is -2.15. The molecule has 0 bridgehead atoms. The van der Waals surface area contributed by atoms with Crippen LogP contribution in [0.1, 0.15) is 43.2 Å². The highest BCUT2D eigenvalue weighted by atomic mass is 14.9. The number of fused-ring (bicyclic) bond motifs is 3. The van der Waals surface area contributed by atoms with Gasteiger partial charge >= 0.3 is 0 Å². The first-order valence-electron chi connectivity index (χ1n) is 7.51. The molecular formula is C18H23N. The lowest BCUT2D eigenvalue weighted by atomic mass is 9.92. The quantitative estimate of drug-likeness (QED) is 0.811. The van der Waals surface area contributed by atoms with Crippen molar-refractivity contribution in [1.82, 2.24) is 5.32 Å². The third kappa shape index (κ3) is 2.30. The number of benzene rings is 1. The van der Waals surface area contributed by atoms with Gasteiger partial charge in [0.25, 0.3) is 0 Å². The van der Waals surface area contributed by atoms with Crippen LogP contribution in [0.25, 0.3) is 0 Å². The minimum Gasteiger partial charge on any atom is -0.317 e. The molecule has 1 aromatic rings. The van der Waals surface area contributed by atoms with Crippen LogP contribution in [0, 0.1) is 23.7 Å². The van der Waals surface area contributed by atoms with Crippen LogP contribution < -0.4 is 5.32 Å². The first-order chi connectivity index (χ1) is 9.36. The van der Waals surface area contributed by atoms with Gasteiger partial charge in [-0.15, -0.1) is 11.8 Å². The number of hydrogen-bond donors (Lipinski definition) is 1. The summed E-state index contributed by atoms with van der Waals surface area (Å²) in [7, 11) is 2.11. The Morgan fingerprint density at radius 1 is 1.37 bits per heavy atom. The van der Waals surface area contributed by atoms with Gasteiger partial charge in [0.1, 0.15) is 0 Å². The number of aryl methyl sites for hydroxylation is 1. The summed E-state index contributed by atoms with van der Waals surface area (Å²) in [4.78, 5) is 0. The zero-order valence-corrected chi connectivity index (χ0v) is 11.9. The summed E-state index contributed by atoms with van der Waals surface area (Å²) in [6.07, 6.45) is 4.87. The fourth-order valence-electron chi connectivity index (χ4n) is 4.05.